The molecule has 0 unspecified atom stereocenters. The van der Waals surface area contributed by atoms with E-state index in [9.17, 15) is 10.1 Å². The van der Waals surface area contributed by atoms with Crippen molar-refractivity contribution in [2.24, 2.45) is 0 Å². The highest BCUT2D eigenvalue weighted by atomic mass is 16.6. The van der Waals surface area contributed by atoms with Crippen LogP contribution in [0.25, 0.3) is 44.7 Å². The number of nitrogens with zero attached hydrogens (tertiary/aromatic N) is 2. The maximum absolute atomic E-state index is 11.0. The Morgan fingerprint density at radius 1 is 0.700 bits per heavy atom. The van der Waals surface area contributed by atoms with Crippen molar-refractivity contribution in [3.8, 4) is 33.9 Å². The summed E-state index contributed by atoms with van der Waals surface area (Å²) in [6.07, 6.45) is 0. The van der Waals surface area contributed by atoms with E-state index in [1.54, 1.807) is 12.1 Å². The van der Waals surface area contributed by atoms with Crippen LogP contribution in [-0.4, -0.2) is 14.9 Å². The lowest BCUT2D eigenvalue weighted by Crippen LogP contribution is -1.88. The number of hydrogen-bond donors (Lipinski definition) is 1. The second-order valence-electron chi connectivity index (χ2n) is 7.04. The number of non-ortho nitro benzene ring substituents is 1. The lowest BCUT2D eigenvalue weighted by atomic mass is 10.0. The molecule has 0 fully saturated rings. The first-order valence-electron chi connectivity index (χ1n) is 9.58. The zero-order valence-corrected chi connectivity index (χ0v) is 15.9. The van der Waals surface area contributed by atoms with Gasteiger partial charge in [-0.25, -0.2) is 4.98 Å². The average Bonchev–Trinajstić information content (AvgIpc) is 3.25. The molecule has 5 rings (SSSR count). The highest BCUT2D eigenvalue weighted by Gasteiger charge is 2.16. The minimum atomic E-state index is -0.401. The molecule has 0 aliphatic carbocycles. The van der Waals surface area contributed by atoms with E-state index in [2.05, 4.69) is 35.3 Å². The third kappa shape index (κ3) is 3.22. The fraction of sp³-hybridized carbons (Fsp3) is 0. The summed E-state index contributed by atoms with van der Waals surface area (Å²) in [6, 6.07) is 31.0. The fourth-order valence-corrected chi connectivity index (χ4v) is 3.61. The zero-order valence-electron chi connectivity index (χ0n) is 15.9. The Balaban J connectivity index is 1.67. The van der Waals surface area contributed by atoms with Crippen molar-refractivity contribution in [2.75, 3.05) is 0 Å². The summed E-state index contributed by atoms with van der Waals surface area (Å²) in [7, 11) is 0. The smallest absolute Gasteiger partial charge is 0.269 e. The maximum Gasteiger partial charge on any atom is 0.269 e. The third-order valence-electron chi connectivity index (χ3n) is 5.14. The molecule has 0 saturated heterocycles. The second-order valence-corrected chi connectivity index (χ2v) is 7.04. The van der Waals surface area contributed by atoms with Gasteiger partial charge in [0.05, 0.1) is 16.3 Å². The summed E-state index contributed by atoms with van der Waals surface area (Å²) < 4.78 is 0. The summed E-state index contributed by atoms with van der Waals surface area (Å²) in [5.74, 6) is 0.673. The Morgan fingerprint density at radius 3 is 2.10 bits per heavy atom. The van der Waals surface area contributed by atoms with Gasteiger partial charge in [0, 0.05) is 28.8 Å². The van der Waals surface area contributed by atoms with Gasteiger partial charge in [-0.3, -0.25) is 10.1 Å². The van der Waals surface area contributed by atoms with Gasteiger partial charge >= 0.3 is 0 Å². The van der Waals surface area contributed by atoms with Gasteiger partial charge in [0.1, 0.15) is 5.82 Å². The summed E-state index contributed by atoms with van der Waals surface area (Å²) in [6.45, 7) is 0. The molecule has 0 radical (unpaired) electrons. The molecule has 5 heteroatoms. The number of nitrogens with one attached hydrogen (secondary N) is 1. The largest absolute Gasteiger partial charge is 0.337 e. The van der Waals surface area contributed by atoms with Crippen molar-refractivity contribution < 1.29 is 4.92 Å². The molecule has 0 spiro atoms. The lowest BCUT2D eigenvalue weighted by molar-refractivity contribution is -0.384. The molecule has 0 atom stereocenters. The van der Waals surface area contributed by atoms with E-state index in [-0.39, 0.29) is 5.69 Å². The summed E-state index contributed by atoms with van der Waals surface area (Å²) >= 11 is 0. The van der Waals surface area contributed by atoms with Gasteiger partial charge in [0.15, 0.2) is 0 Å². The van der Waals surface area contributed by atoms with Crippen LogP contribution in [0.4, 0.5) is 5.69 Å². The van der Waals surface area contributed by atoms with E-state index in [1.807, 2.05) is 42.5 Å². The monoisotopic (exact) mass is 391 g/mol. The number of nitro groups is 1. The van der Waals surface area contributed by atoms with Gasteiger partial charge in [-0.1, -0.05) is 66.7 Å². The number of nitro benzene ring substituents is 1. The van der Waals surface area contributed by atoms with Crippen molar-refractivity contribution in [2.45, 2.75) is 0 Å². The summed E-state index contributed by atoms with van der Waals surface area (Å²) in [4.78, 5) is 18.9. The predicted molar refractivity (Wildman–Crippen MR) is 119 cm³/mol. The van der Waals surface area contributed by atoms with E-state index in [4.69, 9.17) is 4.98 Å². The fourth-order valence-electron chi connectivity index (χ4n) is 3.61. The molecule has 0 aliphatic heterocycles. The van der Waals surface area contributed by atoms with Crippen molar-refractivity contribution in [1.29, 1.82) is 0 Å². The van der Waals surface area contributed by atoms with Crippen molar-refractivity contribution in [3.05, 3.63) is 107 Å². The Bertz CT molecular complexity index is 1360. The van der Waals surface area contributed by atoms with Crippen molar-refractivity contribution in [3.63, 3.8) is 0 Å². The van der Waals surface area contributed by atoms with E-state index >= 15 is 0 Å². The van der Waals surface area contributed by atoms with Gasteiger partial charge in [0.2, 0.25) is 0 Å². The van der Waals surface area contributed by atoms with Gasteiger partial charge < -0.3 is 4.98 Å². The van der Waals surface area contributed by atoms with Gasteiger partial charge in [0.25, 0.3) is 5.69 Å². The molecule has 0 aliphatic rings. The number of aromatic nitrogens is 2. The molecule has 144 valence electrons. The molecular weight excluding hydrogens is 374 g/mol. The normalized spacial score (nSPS) is 10.9. The first-order chi connectivity index (χ1) is 14.7. The number of fused-ring (bicyclic) bond motifs is 1. The van der Waals surface area contributed by atoms with E-state index in [1.165, 1.54) is 17.5 Å². The van der Waals surface area contributed by atoms with Crippen LogP contribution in [0.3, 0.4) is 0 Å². The average molecular weight is 391 g/mol. The van der Waals surface area contributed by atoms with Gasteiger partial charge in [-0.2, -0.15) is 0 Å². The van der Waals surface area contributed by atoms with Crippen LogP contribution in [0.2, 0.25) is 0 Å². The van der Waals surface area contributed by atoms with Crippen LogP contribution < -0.4 is 0 Å². The van der Waals surface area contributed by atoms with Crippen LogP contribution in [0.1, 0.15) is 0 Å². The van der Waals surface area contributed by atoms with Gasteiger partial charge in [-0.05, 0) is 29.0 Å². The van der Waals surface area contributed by atoms with Crippen molar-refractivity contribution in [1.82, 2.24) is 9.97 Å². The standard InChI is InChI=1S/C25H17N3O2/c29-28(30)22-14-12-19(13-15-22)25-26-23(18-7-2-1-3-8-18)24(27-25)21-11-10-17-6-4-5-9-20(17)16-21/h1-16H,(H,26,27). The Labute approximate surface area is 172 Å². The molecule has 4 aromatic carbocycles. The first kappa shape index (κ1) is 17.8. The first-order valence-corrected chi connectivity index (χ1v) is 9.58. The van der Waals surface area contributed by atoms with E-state index in [0.717, 1.165) is 33.5 Å². The molecule has 1 aromatic heterocycles. The zero-order chi connectivity index (χ0) is 20.5. The molecule has 0 amide bonds. The molecular formula is C25H17N3O2. The number of imidazole rings is 1. The molecule has 30 heavy (non-hydrogen) atoms. The predicted octanol–water partition coefficient (Wildman–Crippen LogP) is 6.47. The van der Waals surface area contributed by atoms with Crippen LogP contribution in [-0.2, 0) is 0 Å². The van der Waals surface area contributed by atoms with Crippen LogP contribution in [0.5, 0.6) is 0 Å². The SMILES string of the molecule is O=[N+]([O-])c1ccc(-c2nc(-c3ccc4ccccc4c3)c(-c3ccccc3)[nH]2)cc1. The number of rotatable bonds is 4. The molecule has 1 N–H and O–H groups in total. The van der Waals surface area contributed by atoms with Crippen LogP contribution in [0.15, 0.2) is 97.1 Å². The van der Waals surface area contributed by atoms with E-state index in [0.29, 0.717) is 5.82 Å². The molecule has 5 aromatic rings. The molecule has 0 saturated carbocycles. The topological polar surface area (TPSA) is 71.8 Å². The molecule has 0 bridgehead atoms. The number of hydrogen-bond acceptors (Lipinski definition) is 3. The summed E-state index contributed by atoms with van der Waals surface area (Å²) in [5.41, 5.74) is 4.66. The second kappa shape index (κ2) is 7.29. The number of benzene rings is 4. The quantitative estimate of drug-likeness (QED) is 0.282. The third-order valence-corrected chi connectivity index (χ3v) is 5.14. The minimum absolute atomic E-state index is 0.0586. The van der Waals surface area contributed by atoms with Crippen molar-refractivity contribution >= 4 is 16.5 Å². The maximum atomic E-state index is 11.0. The Kier molecular flexibility index (Phi) is 4.33. The van der Waals surface area contributed by atoms with Gasteiger partial charge in [-0.15, -0.1) is 0 Å². The van der Waals surface area contributed by atoms with Crippen LogP contribution >= 0.6 is 0 Å². The number of aromatic amines is 1. The summed E-state index contributed by atoms with van der Waals surface area (Å²) in [5, 5.41) is 13.3. The minimum Gasteiger partial charge on any atom is -0.337 e. The highest BCUT2D eigenvalue weighted by Crippen LogP contribution is 2.34. The lowest BCUT2D eigenvalue weighted by Gasteiger charge is -2.05. The highest BCUT2D eigenvalue weighted by molar-refractivity contribution is 5.90. The van der Waals surface area contributed by atoms with E-state index < -0.39 is 4.92 Å². The number of H-pyrrole nitrogens is 1. The Hall–Kier alpha value is -4.25. The molecule has 5 nitrogen and oxygen atoms in total. The van der Waals surface area contributed by atoms with Crippen LogP contribution in [0, 0.1) is 10.1 Å². The Morgan fingerprint density at radius 2 is 1.37 bits per heavy atom. The molecule has 1 heterocycles.